The van der Waals surface area contributed by atoms with E-state index in [1.54, 1.807) is 12.1 Å². The fourth-order valence-corrected chi connectivity index (χ4v) is 3.01. The lowest BCUT2D eigenvalue weighted by molar-refractivity contribution is 0.172. The fraction of sp³-hybridized carbons (Fsp3) is 0.250. The summed E-state index contributed by atoms with van der Waals surface area (Å²) in [6, 6.07) is 7.86. The Balaban J connectivity index is 1.90. The number of hydrogen-bond donors (Lipinski definition) is 1. The molecule has 0 aliphatic carbocycles. The highest BCUT2D eigenvalue weighted by molar-refractivity contribution is 6.31. The first kappa shape index (κ1) is 14.6. The molecule has 110 valence electrons. The van der Waals surface area contributed by atoms with Crippen LogP contribution in [0, 0.1) is 5.82 Å². The molecule has 1 aliphatic heterocycles. The summed E-state index contributed by atoms with van der Waals surface area (Å²) in [4.78, 5) is 0. The highest BCUT2D eigenvalue weighted by atomic mass is 35.5. The molecule has 0 bridgehead atoms. The Hall–Kier alpha value is -1.29. The van der Waals surface area contributed by atoms with Gasteiger partial charge in [0.2, 0.25) is 0 Å². The van der Waals surface area contributed by atoms with Crippen molar-refractivity contribution in [2.24, 2.45) is 0 Å². The molecule has 1 unspecified atom stereocenters. The van der Waals surface area contributed by atoms with Crippen LogP contribution in [0.2, 0.25) is 10.0 Å². The quantitative estimate of drug-likeness (QED) is 0.908. The van der Waals surface area contributed by atoms with Crippen LogP contribution in [0.15, 0.2) is 30.3 Å². The van der Waals surface area contributed by atoms with E-state index in [0.29, 0.717) is 16.7 Å². The number of benzene rings is 2. The molecule has 0 radical (unpaired) electrons. The molecule has 0 spiro atoms. The molecule has 5 heteroatoms. The predicted octanol–water partition coefficient (Wildman–Crippen LogP) is 4.34. The zero-order valence-electron chi connectivity index (χ0n) is 11.1. The van der Waals surface area contributed by atoms with E-state index in [2.05, 4.69) is 0 Å². The van der Waals surface area contributed by atoms with E-state index >= 15 is 0 Å². The number of ether oxygens (including phenoxy) is 1. The molecule has 21 heavy (non-hydrogen) atoms. The first-order chi connectivity index (χ1) is 10.0. The molecule has 1 N–H and O–H groups in total. The number of fused-ring (bicyclic) bond motifs is 1. The van der Waals surface area contributed by atoms with Gasteiger partial charge in [0, 0.05) is 28.5 Å². The topological polar surface area (TPSA) is 29.5 Å². The average molecular weight is 327 g/mol. The van der Waals surface area contributed by atoms with Crippen molar-refractivity contribution in [2.75, 3.05) is 6.61 Å². The molecular weight excluding hydrogens is 314 g/mol. The van der Waals surface area contributed by atoms with Gasteiger partial charge >= 0.3 is 0 Å². The van der Waals surface area contributed by atoms with E-state index in [-0.39, 0.29) is 12.0 Å². The summed E-state index contributed by atoms with van der Waals surface area (Å²) in [5, 5.41) is 11.2. The molecule has 2 aromatic rings. The first-order valence-electron chi connectivity index (χ1n) is 6.61. The monoisotopic (exact) mass is 326 g/mol. The Morgan fingerprint density at radius 2 is 2.00 bits per heavy atom. The zero-order chi connectivity index (χ0) is 15.0. The summed E-state index contributed by atoms with van der Waals surface area (Å²) in [5.41, 5.74) is 2.03. The standard InChI is InChI=1S/C16H13Cl2FO2/c17-11-1-2-13(14(19)8-11)15(20)7-10-6-12(18)5-9-3-4-21-16(9)10/h1-2,5-6,8,15,20H,3-4,7H2. The lowest BCUT2D eigenvalue weighted by Crippen LogP contribution is -2.05. The van der Waals surface area contributed by atoms with Crippen molar-refractivity contribution in [1.29, 1.82) is 0 Å². The Kier molecular flexibility index (Phi) is 4.07. The molecule has 3 rings (SSSR count). The van der Waals surface area contributed by atoms with Gasteiger partial charge in [-0.05, 0) is 35.4 Å². The third-order valence-corrected chi connectivity index (χ3v) is 4.01. The summed E-state index contributed by atoms with van der Waals surface area (Å²) in [7, 11) is 0. The lowest BCUT2D eigenvalue weighted by atomic mass is 9.98. The Bertz CT molecular complexity index is 688. The van der Waals surface area contributed by atoms with Crippen LogP contribution >= 0.6 is 23.2 Å². The largest absolute Gasteiger partial charge is 0.493 e. The molecule has 0 aromatic heterocycles. The highest BCUT2D eigenvalue weighted by Crippen LogP contribution is 2.35. The third kappa shape index (κ3) is 3.00. The molecule has 2 nitrogen and oxygen atoms in total. The van der Waals surface area contributed by atoms with E-state index in [1.165, 1.54) is 12.1 Å². The maximum atomic E-state index is 13.9. The van der Waals surface area contributed by atoms with Crippen LogP contribution in [-0.2, 0) is 12.8 Å². The summed E-state index contributed by atoms with van der Waals surface area (Å²) in [6.07, 6.45) is 0.0597. The van der Waals surface area contributed by atoms with Crippen LogP contribution in [0.5, 0.6) is 5.75 Å². The van der Waals surface area contributed by atoms with E-state index in [1.807, 2.05) is 6.07 Å². The molecule has 0 saturated carbocycles. The predicted molar refractivity (Wildman–Crippen MR) is 80.7 cm³/mol. The van der Waals surface area contributed by atoms with Crippen LogP contribution in [0.3, 0.4) is 0 Å². The maximum absolute atomic E-state index is 13.9. The lowest BCUT2D eigenvalue weighted by Gasteiger charge is -2.15. The van der Waals surface area contributed by atoms with Gasteiger partial charge in [-0.1, -0.05) is 29.3 Å². The van der Waals surface area contributed by atoms with Crippen molar-refractivity contribution in [3.8, 4) is 5.75 Å². The third-order valence-electron chi connectivity index (χ3n) is 3.56. The van der Waals surface area contributed by atoms with Crippen molar-refractivity contribution in [3.63, 3.8) is 0 Å². The van der Waals surface area contributed by atoms with Gasteiger partial charge in [-0.3, -0.25) is 0 Å². The Labute approximate surface area is 132 Å². The van der Waals surface area contributed by atoms with Crippen molar-refractivity contribution < 1.29 is 14.2 Å². The first-order valence-corrected chi connectivity index (χ1v) is 7.37. The maximum Gasteiger partial charge on any atom is 0.130 e. The van der Waals surface area contributed by atoms with Gasteiger partial charge in [0.25, 0.3) is 0 Å². The summed E-state index contributed by atoms with van der Waals surface area (Å²) < 4.78 is 19.4. The van der Waals surface area contributed by atoms with Crippen LogP contribution in [0.4, 0.5) is 4.39 Å². The Morgan fingerprint density at radius 1 is 1.19 bits per heavy atom. The normalized spacial score (nSPS) is 14.7. The minimum Gasteiger partial charge on any atom is -0.493 e. The van der Waals surface area contributed by atoms with Crippen LogP contribution in [0.25, 0.3) is 0 Å². The van der Waals surface area contributed by atoms with E-state index in [4.69, 9.17) is 27.9 Å². The SMILES string of the molecule is OC(Cc1cc(Cl)cc2c1OCC2)c1ccc(Cl)cc1F. The number of halogens is 3. The second-order valence-corrected chi connectivity index (χ2v) is 5.91. The van der Waals surface area contributed by atoms with Gasteiger partial charge in [0.15, 0.2) is 0 Å². The van der Waals surface area contributed by atoms with Gasteiger partial charge in [-0.15, -0.1) is 0 Å². The fourth-order valence-electron chi connectivity index (χ4n) is 2.59. The van der Waals surface area contributed by atoms with Gasteiger partial charge in [-0.2, -0.15) is 0 Å². The number of aliphatic hydroxyl groups is 1. The zero-order valence-corrected chi connectivity index (χ0v) is 12.6. The van der Waals surface area contributed by atoms with E-state index < -0.39 is 11.9 Å². The van der Waals surface area contributed by atoms with E-state index in [9.17, 15) is 9.50 Å². The Morgan fingerprint density at radius 3 is 2.76 bits per heavy atom. The van der Waals surface area contributed by atoms with Gasteiger partial charge in [0.05, 0.1) is 12.7 Å². The second kappa shape index (κ2) is 5.84. The summed E-state index contributed by atoms with van der Waals surface area (Å²) >= 11 is 11.8. The molecule has 0 fully saturated rings. The molecule has 1 atom stereocenters. The van der Waals surface area contributed by atoms with Crippen LogP contribution < -0.4 is 4.74 Å². The van der Waals surface area contributed by atoms with Gasteiger partial charge in [0.1, 0.15) is 11.6 Å². The van der Waals surface area contributed by atoms with E-state index in [0.717, 1.165) is 23.3 Å². The minimum atomic E-state index is -0.978. The van der Waals surface area contributed by atoms with Crippen LogP contribution in [0.1, 0.15) is 22.8 Å². The number of hydrogen-bond acceptors (Lipinski definition) is 2. The highest BCUT2D eigenvalue weighted by Gasteiger charge is 2.21. The minimum absolute atomic E-state index is 0.214. The molecule has 0 saturated heterocycles. The van der Waals surface area contributed by atoms with Gasteiger partial charge in [-0.25, -0.2) is 4.39 Å². The second-order valence-electron chi connectivity index (χ2n) is 5.04. The molecule has 1 heterocycles. The summed E-state index contributed by atoms with van der Waals surface area (Å²) in [6.45, 7) is 0.605. The van der Waals surface area contributed by atoms with Crippen molar-refractivity contribution in [1.82, 2.24) is 0 Å². The number of aliphatic hydroxyl groups excluding tert-OH is 1. The van der Waals surface area contributed by atoms with Crippen LogP contribution in [-0.4, -0.2) is 11.7 Å². The number of rotatable bonds is 3. The van der Waals surface area contributed by atoms with Crippen molar-refractivity contribution in [3.05, 3.63) is 62.9 Å². The molecule has 2 aromatic carbocycles. The van der Waals surface area contributed by atoms with Crippen molar-refractivity contribution in [2.45, 2.75) is 18.9 Å². The average Bonchev–Trinajstić information content (AvgIpc) is 2.86. The molecule has 1 aliphatic rings. The van der Waals surface area contributed by atoms with Gasteiger partial charge < -0.3 is 9.84 Å². The smallest absolute Gasteiger partial charge is 0.130 e. The molecular formula is C16H13Cl2FO2. The molecule has 0 amide bonds. The summed E-state index contributed by atoms with van der Waals surface area (Å²) in [5.74, 6) is 0.238. The van der Waals surface area contributed by atoms with Crippen molar-refractivity contribution >= 4 is 23.2 Å².